The molecule has 1 amide bonds. The number of nitrogens with zero attached hydrogens (tertiary/aromatic N) is 1. The van der Waals surface area contributed by atoms with E-state index in [4.69, 9.17) is 26.4 Å². The van der Waals surface area contributed by atoms with Crippen LogP contribution in [0.2, 0.25) is 0 Å². The van der Waals surface area contributed by atoms with Crippen molar-refractivity contribution in [1.82, 2.24) is 16.1 Å². The summed E-state index contributed by atoms with van der Waals surface area (Å²) in [7, 11) is 1.43. The molecule has 0 unspecified atom stereocenters. The smallest absolute Gasteiger partial charge is 0.338 e. The van der Waals surface area contributed by atoms with E-state index < -0.39 is 17.9 Å². The Kier molecular flexibility index (Phi) is 9.25. The Morgan fingerprint density at radius 1 is 1.28 bits per heavy atom. The summed E-state index contributed by atoms with van der Waals surface area (Å²) in [5.74, 6) is -0.365. The van der Waals surface area contributed by atoms with Crippen LogP contribution >= 0.6 is 28.1 Å². The largest absolute Gasteiger partial charge is 0.504 e. The van der Waals surface area contributed by atoms with Gasteiger partial charge in [-0.1, -0.05) is 18.2 Å². The predicted molar refractivity (Wildman–Crippen MR) is 141 cm³/mol. The molecule has 190 valence electrons. The number of esters is 1. The fraction of sp³-hybridized carbons (Fsp3) is 0.250. The van der Waals surface area contributed by atoms with Crippen LogP contribution in [0.1, 0.15) is 31.0 Å². The van der Waals surface area contributed by atoms with Crippen molar-refractivity contribution in [1.29, 1.82) is 0 Å². The SMILES string of the molecule is CCOC(=O)C1=C(C)NC(=S)N[C@H]1c1ccccc1OCC(=O)NN=Cc1cc(OC)c(O)cc1Br. The number of amides is 1. The Morgan fingerprint density at radius 2 is 2.03 bits per heavy atom. The number of hydrazone groups is 1. The number of rotatable bonds is 9. The van der Waals surface area contributed by atoms with Gasteiger partial charge in [0.25, 0.3) is 5.91 Å². The number of hydrogen-bond acceptors (Lipinski definition) is 8. The lowest BCUT2D eigenvalue weighted by Crippen LogP contribution is -2.45. The number of methoxy groups -OCH3 is 1. The number of halogens is 1. The molecule has 10 nitrogen and oxygen atoms in total. The number of allylic oxidation sites excluding steroid dienone is 1. The zero-order valence-electron chi connectivity index (χ0n) is 19.8. The van der Waals surface area contributed by atoms with Gasteiger partial charge < -0.3 is 30.0 Å². The number of carbonyl (C=O) groups is 2. The second-order valence-corrected chi connectivity index (χ2v) is 8.72. The number of nitrogens with one attached hydrogen (secondary N) is 3. The van der Waals surface area contributed by atoms with E-state index >= 15 is 0 Å². The van der Waals surface area contributed by atoms with Crippen LogP contribution in [-0.4, -0.2) is 48.6 Å². The van der Waals surface area contributed by atoms with Crippen molar-refractivity contribution in [2.75, 3.05) is 20.3 Å². The highest BCUT2D eigenvalue weighted by Crippen LogP contribution is 2.34. The number of para-hydroxylation sites is 1. The standard InChI is InChI=1S/C24H25BrN4O6S/c1-4-34-23(32)21-13(2)27-24(36)28-22(21)15-7-5-6-8-18(15)35-12-20(31)29-26-11-14-9-19(33-3)17(30)10-16(14)25/h5-11,22,30H,4,12H2,1-3H3,(H,29,31)(H2,27,28,36)/t22-/m0/s1. The number of phenolic OH excluding ortho intramolecular Hbond substituents is 1. The van der Waals surface area contributed by atoms with Gasteiger partial charge in [0.1, 0.15) is 5.75 Å². The number of ether oxygens (including phenoxy) is 3. The lowest BCUT2D eigenvalue weighted by atomic mass is 9.95. The van der Waals surface area contributed by atoms with E-state index in [0.717, 1.165) is 0 Å². The summed E-state index contributed by atoms with van der Waals surface area (Å²) in [6.45, 7) is 3.36. The molecule has 1 aliphatic heterocycles. The molecule has 0 aromatic heterocycles. The van der Waals surface area contributed by atoms with E-state index in [1.165, 1.54) is 19.4 Å². The van der Waals surface area contributed by atoms with Crippen molar-refractivity contribution in [3.8, 4) is 17.2 Å². The van der Waals surface area contributed by atoms with Gasteiger partial charge in [0.05, 0.1) is 31.5 Å². The summed E-state index contributed by atoms with van der Waals surface area (Å²) in [5, 5.41) is 20.1. The van der Waals surface area contributed by atoms with Crippen LogP contribution in [-0.2, 0) is 14.3 Å². The molecular weight excluding hydrogens is 552 g/mol. The monoisotopic (exact) mass is 576 g/mol. The number of thiocarbonyl (C=S) groups is 1. The lowest BCUT2D eigenvalue weighted by molar-refractivity contribution is -0.139. The van der Waals surface area contributed by atoms with Gasteiger partial charge in [-0.05, 0) is 60.2 Å². The highest BCUT2D eigenvalue weighted by Gasteiger charge is 2.32. The molecule has 0 radical (unpaired) electrons. The summed E-state index contributed by atoms with van der Waals surface area (Å²) in [5.41, 5.74) is 4.52. The molecule has 0 spiro atoms. The normalized spacial score (nSPS) is 15.2. The average molecular weight is 577 g/mol. The first-order valence-electron chi connectivity index (χ1n) is 10.8. The van der Waals surface area contributed by atoms with Gasteiger partial charge in [-0.3, -0.25) is 4.79 Å². The molecule has 0 bridgehead atoms. The fourth-order valence-electron chi connectivity index (χ4n) is 3.43. The molecule has 0 saturated carbocycles. The van der Waals surface area contributed by atoms with Gasteiger partial charge in [0.15, 0.2) is 23.2 Å². The Balaban J connectivity index is 1.72. The first-order chi connectivity index (χ1) is 17.2. The van der Waals surface area contributed by atoms with E-state index in [-0.39, 0.29) is 24.7 Å². The number of phenols is 1. The third-order valence-electron chi connectivity index (χ3n) is 5.04. The van der Waals surface area contributed by atoms with Crippen molar-refractivity contribution >= 4 is 51.4 Å². The number of carbonyl (C=O) groups excluding carboxylic acids is 2. The van der Waals surface area contributed by atoms with Crippen molar-refractivity contribution in [3.05, 3.63) is 63.3 Å². The van der Waals surface area contributed by atoms with Crippen LogP contribution in [0.3, 0.4) is 0 Å². The second kappa shape index (κ2) is 12.4. The summed E-state index contributed by atoms with van der Waals surface area (Å²) in [6.07, 6.45) is 1.40. The second-order valence-electron chi connectivity index (χ2n) is 7.46. The number of aromatic hydroxyl groups is 1. The minimum Gasteiger partial charge on any atom is -0.504 e. The first-order valence-corrected chi connectivity index (χ1v) is 12.0. The van der Waals surface area contributed by atoms with E-state index in [2.05, 4.69) is 37.1 Å². The third kappa shape index (κ3) is 6.52. The van der Waals surface area contributed by atoms with Gasteiger partial charge in [-0.15, -0.1) is 0 Å². The third-order valence-corrected chi connectivity index (χ3v) is 5.95. The Morgan fingerprint density at radius 3 is 2.75 bits per heavy atom. The van der Waals surface area contributed by atoms with Gasteiger partial charge in [-0.2, -0.15) is 5.10 Å². The molecule has 0 fully saturated rings. The highest BCUT2D eigenvalue weighted by atomic mass is 79.9. The molecule has 0 saturated heterocycles. The van der Waals surface area contributed by atoms with E-state index in [9.17, 15) is 14.7 Å². The quantitative estimate of drug-likeness (QED) is 0.154. The van der Waals surface area contributed by atoms with Crippen LogP contribution in [0.5, 0.6) is 17.2 Å². The topological polar surface area (TPSA) is 131 Å². The zero-order valence-corrected chi connectivity index (χ0v) is 22.2. The van der Waals surface area contributed by atoms with Gasteiger partial charge in [-0.25, -0.2) is 10.2 Å². The minimum atomic E-state index is -0.628. The zero-order chi connectivity index (χ0) is 26.2. The summed E-state index contributed by atoms with van der Waals surface area (Å²) < 4.78 is 16.6. The Labute approximate surface area is 221 Å². The van der Waals surface area contributed by atoms with Crippen molar-refractivity contribution in [2.24, 2.45) is 5.10 Å². The van der Waals surface area contributed by atoms with Crippen LogP contribution in [0, 0.1) is 0 Å². The van der Waals surface area contributed by atoms with Crippen LogP contribution in [0.25, 0.3) is 0 Å². The molecule has 12 heteroatoms. The van der Waals surface area contributed by atoms with Gasteiger partial charge in [0, 0.05) is 21.3 Å². The summed E-state index contributed by atoms with van der Waals surface area (Å²) in [4.78, 5) is 25.0. The maximum absolute atomic E-state index is 12.6. The van der Waals surface area contributed by atoms with Crippen molar-refractivity contribution in [2.45, 2.75) is 19.9 Å². The Bertz CT molecular complexity index is 1230. The number of benzene rings is 2. The van der Waals surface area contributed by atoms with Gasteiger partial charge in [0.2, 0.25) is 0 Å². The molecule has 1 aliphatic rings. The molecule has 1 heterocycles. The molecule has 2 aromatic carbocycles. The predicted octanol–water partition coefficient (Wildman–Crippen LogP) is 3.05. The first kappa shape index (κ1) is 27.0. The van der Waals surface area contributed by atoms with Crippen LogP contribution < -0.4 is 25.5 Å². The minimum absolute atomic E-state index is 0.0298. The van der Waals surface area contributed by atoms with Crippen LogP contribution in [0.15, 0.2) is 57.2 Å². The van der Waals surface area contributed by atoms with E-state index in [0.29, 0.717) is 37.7 Å². The molecule has 1 atom stereocenters. The average Bonchev–Trinajstić information content (AvgIpc) is 2.84. The molecular formula is C24H25BrN4O6S. The van der Waals surface area contributed by atoms with Crippen molar-refractivity contribution in [3.63, 3.8) is 0 Å². The van der Waals surface area contributed by atoms with E-state index in [1.54, 1.807) is 44.2 Å². The van der Waals surface area contributed by atoms with Crippen LogP contribution in [0.4, 0.5) is 0 Å². The van der Waals surface area contributed by atoms with Gasteiger partial charge >= 0.3 is 5.97 Å². The molecule has 3 rings (SSSR count). The van der Waals surface area contributed by atoms with Crippen molar-refractivity contribution < 1.29 is 28.9 Å². The summed E-state index contributed by atoms with van der Waals surface area (Å²) in [6, 6.07) is 9.41. The molecule has 36 heavy (non-hydrogen) atoms. The highest BCUT2D eigenvalue weighted by molar-refractivity contribution is 9.10. The molecule has 4 N–H and O–H groups in total. The lowest BCUT2D eigenvalue weighted by Gasteiger charge is -2.30. The summed E-state index contributed by atoms with van der Waals surface area (Å²) >= 11 is 8.60. The Hall–Kier alpha value is -3.64. The molecule has 2 aromatic rings. The fourth-order valence-corrected chi connectivity index (χ4v) is 4.13. The van der Waals surface area contributed by atoms with E-state index in [1.807, 2.05) is 0 Å². The number of hydrogen-bond donors (Lipinski definition) is 4. The maximum atomic E-state index is 12.6. The molecule has 0 aliphatic carbocycles. The maximum Gasteiger partial charge on any atom is 0.338 e.